The molecule has 1 saturated carbocycles. The van der Waals surface area contributed by atoms with Gasteiger partial charge in [0.2, 0.25) is 0 Å². The number of rotatable bonds is 5. The monoisotopic (exact) mass is 225 g/mol. The van der Waals surface area contributed by atoms with Gasteiger partial charge in [-0.1, -0.05) is 12.8 Å². The van der Waals surface area contributed by atoms with Gasteiger partial charge in [0.1, 0.15) is 12.4 Å². The Morgan fingerprint density at radius 2 is 2.12 bits per heavy atom. The summed E-state index contributed by atoms with van der Waals surface area (Å²) in [6, 6.07) is 0. The molecule has 16 heavy (non-hydrogen) atoms. The van der Waals surface area contributed by atoms with Crippen LogP contribution >= 0.6 is 0 Å². The summed E-state index contributed by atoms with van der Waals surface area (Å²) in [6.45, 7) is 1.30. The molecule has 0 saturated heterocycles. The summed E-state index contributed by atoms with van der Waals surface area (Å²) in [6.07, 6.45) is 4.93. The van der Waals surface area contributed by atoms with E-state index < -0.39 is 0 Å². The normalized spacial score (nSPS) is 17.1. The van der Waals surface area contributed by atoms with Crippen molar-refractivity contribution in [3.8, 4) is 0 Å². The van der Waals surface area contributed by atoms with Crippen molar-refractivity contribution in [1.82, 2.24) is 14.8 Å². The number of hydrogen-bond acceptors (Lipinski definition) is 4. The first-order chi connectivity index (χ1) is 7.86. The molecule has 0 aromatic carbocycles. The molecule has 0 radical (unpaired) electrons. The van der Waals surface area contributed by atoms with Crippen LogP contribution in [0.1, 0.15) is 43.3 Å². The zero-order valence-electron chi connectivity index (χ0n) is 9.72. The van der Waals surface area contributed by atoms with Gasteiger partial charge in [0.05, 0.1) is 6.61 Å². The first-order valence-electron chi connectivity index (χ1n) is 5.88. The zero-order valence-corrected chi connectivity index (χ0v) is 9.72. The standard InChI is InChI=1S/C11H19N3O2/c1-16-7-6-14-10(8-15)12-13-11(14)9-4-2-3-5-9/h9,15H,2-8H2,1H3. The average Bonchev–Trinajstić information content (AvgIpc) is 2.94. The van der Waals surface area contributed by atoms with Gasteiger partial charge in [-0.15, -0.1) is 10.2 Å². The predicted octanol–water partition coefficient (Wildman–Crippen LogP) is 1.07. The Morgan fingerprint density at radius 1 is 1.38 bits per heavy atom. The highest BCUT2D eigenvalue weighted by atomic mass is 16.5. The minimum atomic E-state index is -0.0521. The maximum Gasteiger partial charge on any atom is 0.158 e. The third-order valence-electron chi connectivity index (χ3n) is 3.24. The van der Waals surface area contributed by atoms with Crippen LogP contribution in [0.25, 0.3) is 0 Å². The Kier molecular flexibility index (Phi) is 3.90. The van der Waals surface area contributed by atoms with Crippen molar-refractivity contribution in [2.45, 2.75) is 44.8 Å². The van der Waals surface area contributed by atoms with Crippen LogP contribution < -0.4 is 0 Å². The van der Waals surface area contributed by atoms with Crippen molar-refractivity contribution in [1.29, 1.82) is 0 Å². The van der Waals surface area contributed by atoms with Gasteiger partial charge in [-0.25, -0.2) is 0 Å². The maximum absolute atomic E-state index is 9.21. The van der Waals surface area contributed by atoms with E-state index in [4.69, 9.17) is 4.74 Å². The first-order valence-corrected chi connectivity index (χ1v) is 5.88. The zero-order chi connectivity index (χ0) is 11.4. The van der Waals surface area contributed by atoms with E-state index in [1.807, 2.05) is 4.57 Å². The molecule has 1 aromatic heterocycles. The number of ether oxygens (including phenoxy) is 1. The molecule has 0 bridgehead atoms. The van der Waals surface area contributed by atoms with E-state index in [9.17, 15) is 5.11 Å². The molecule has 1 heterocycles. The van der Waals surface area contributed by atoms with Crippen molar-refractivity contribution in [3.05, 3.63) is 11.6 Å². The first kappa shape index (κ1) is 11.5. The summed E-state index contributed by atoms with van der Waals surface area (Å²) in [5.74, 6) is 2.20. The minimum absolute atomic E-state index is 0.0521. The summed E-state index contributed by atoms with van der Waals surface area (Å²) in [5, 5.41) is 17.5. The van der Waals surface area contributed by atoms with Gasteiger partial charge >= 0.3 is 0 Å². The summed E-state index contributed by atoms with van der Waals surface area (Å²) in [7, 11) is 1.68. The van der Waals surface area contributed by atoms with Crippen molar-refractivity contribution >= 4 is 0 Å². The van der Waals surface area contributed by atoms with E-state index in [1.165, 1.54) is 25.7 Å². The Balaban J connectivity index is 2.18. The minimum Gasteiger partial charge on any atom is -0.388 e. The van der Waals surface area contributed by atoms with E-state index in [1.54, 1.807) is 7.11 Å². The van der Waals surface area contributed by atoms with Crippen LogP contribution in [0.5, 0.6) is 0 Å². The molecular weight excluding hydrogens is 206 g/mol. The average molecular weight is 225 g/mol. The molecule has 0 aliphatic heterocycles. The van der Waals surface area contributed by atoms with Gasteiger partial charge in [-0.05, 0) is 12.8 Å². The smallest absolute Gasteiger partial charge is 0.158 e. The summed E-state index contributed by atoms with van der Waals surface area (Å²) in [5.41, 5.74) is 0. The van der Waals surface area contributed by atoms with Gasteiger partial charge in [-0.2, -0.15) is 0 Å². The molecule has 90 valence electrons. The molecule has 0 spiro atoms. The Morgan fingerprint density at radius 3 is 2.75 bits per heavy atom. The van der Waals surface area contributed by atoms with E-state index >= 15 is 0 Å². The van der Waals surface area contributed by atoms with E-state index in [2.05, 4.69) is 10.2 Å². The fourth-order valence-electron chi connectivity index (χ4n) is 2.38. The lowest BCUT2D eigenvalue weighted by molar-refractivity contribution is 0.181. The highest BCUT2D eigenvalue weighted by Crippen LogP contribution is 2.33. The highest BCUT2D eigenvalue weighted by Gasteiger charge is 2.23. The Labute approximate surface area is 95.4 Å². The van der Waals surface area contributed by atoms with Crippen LogP contribution in [0.4, 0.5) is 0 Å². The highest BCUT2D eigenvalue weighted by molar-refractivity contribution is 5.03. The maximum atomic E-state index is 9.21. The number of aromatic nitrogens is 3. The second kappa shape index (κ2) is 5.41. The van der Waals surface area contributed by atoms with Crippen molar-refractivity contribution in [3.63, 3.8) is 0 Å². The molecule has 1 aliphatic carbocycles. The van der Waals surface area contributed by atoms with Crippen LogP contribution in [0.3, 0.4) is 0 Å². The van der Waals surface area contributed by atoms with Gasteiger partial charge < -0.3 is 14.4 Å². The van der Waals surface area contributed by atoms with Gasteiger partial charge in [0.15, 0.2) is 5.82 Å². The second-order valence-corrected chi connectivity index (χ2v) is 4.26. The molecule has 0 amide bonds. The number of aliphatic hydroxyl groups excluding tert-OH is 1. The summed E-state index contributed by atoms with van der Waals surface area (Å²) in [4.78, 5) is 0. The SMILES string of the molecule is COCCn1c(CO)nnc1C1CCCC1. The molecule has 0 unspecified atom stereocenters. The van der Waals surface area contributed by atoms with Crippen LogP contribution in [-0.2, 0) is 17.9 Å². The summed E-state index contributed by atoms with van der Waals surface area (Å²) < 4.78 is 7.09. The van der Waals surface area contributed by atoms with Crippen LogP contribution in [-0.4, -0.2) is 33.6 Å². The third kappa shape index (κ3) is 2.25. The fourth-order valence-corrected chi connectivity index (χ4v) is 2.38. The van der Waals surface area contributed by atoms with Crippen LogP contribution in [0.15, 0.2) is 0 Å². The van der Waals surface area contributed by atoms with Gasteiger partial charge in [-0.3, -0.25) is 0 Å². The molecule has 1 aromatic rings. The lowest BCUT2D eigenvalue weighted by atomic mass is 10.1. The largest absolute Gasteiger partial charge is 0.388 e. The van der Waals surface area contributed by atoms with E-state index in [0.29, 0.717) is 18.3 Å². The summed E-state index contributed by atoms with van der Waals surface area (Å²) >= 11 is 0. The number of methoxy groups -OCH3 is 1. The van der Waals surface area contributed by atoms with Crippen molar-refractivity contribution in [2.75, 3.05) is 13.7 Å². The van der Waals surface area contributed by atoms with Crippen molar-refractivity contribution < 1.29 is 9.84 Å². The third-order valence-corrected chi connectivity index (χ3v) is 3.24. The Bertz CT molecular complexity index is 332. The molecule has 1 fully saturated rings. The number of nitrogens with zero attached hydrogens (tertiary/aromatic N) is 3. The lowest BCUT2D eigenvalue weighted by Gasteiger charge is -2.12. The van der Waals surface area contributed by atoms with E-state index in [0.717, 1.165) is 12.4 Å². The Hall–Kier alpha value is -0.940. The molecule has 1 aliphatic rings. The second-order valence-electron chi connectivity index (χ2n) is 4.26. The van der Waals surface area contributed by atoms with Crippen molar-refractivity contribution in [2.24, 2.45) is 0 Å². The molecule has 5 heteroatoms. The fraction of sp³-hybridized carbons (Fsp3) is 0.818. The molecule has 5 nitrogen and oxygen atoms in total. The topological polar surface area (TPSA) is 60.2 Å². The van der Waals surface area contributed by atoms with Crippen LogP contribution in [0, 0.1) is 0 Å². The lowest BCUT2D eigenvalue weighted by Crippen LogP contribution is -2.13. The number of aliphatic hydroxyl groups is 1. The van der Waals surface area contributed by atoms with E-state index in [-0.39, 0.29) is 6.61 Å². The van der Waals surface area contributed by atoms with Gasteiger partial charge in [0.25, 0.3) is 0 Å². The molecule has 0 atom stereocenters. The number of hydrogen-bond donors (Lipinski definition) is 1. The predicted molar refractivity (Wildman–Crippen MR) is 59.0 cm³/mol. The molecule has 1 N–H and O–H groups in total. The molecular formula is C11H19N3O2. The van der Waals surface area contributed by atoms with Crippen LogP contribution in [0.2, 0.25) is 0 Å². The molecule has 2 rings (SSSR count). The van der Waals surface area contributed by atoms with Gasteiger partial charge in [0, 0.05) is 19.6 Å². The quantitative estimate of drug-likeness (QED) is 0.814.